The first kappa shape index (κ1) is 13.8. The van der Waals surface area contributed by atoms with Crippen LogP contribution in [0.4, 0.5) is 0 Å². The second-order valence-corrected chi connectivity index (χ2v) is 8.78. The van der Waals surface area contributed by atoms with Gasteiger partial charge in [0.25, 0.3) is 0 Å². The van der Waals surface area contributed by atoms with Gasteiger partial charge in [-0.1, -0.05) is 40.2 Å². The molecule has 0 saturated heterocycles. The highest BCUT2D eigenvalue weighted by atomic mass is 79.9. The van der Waals surface area contributed by atoms with Crippen LogP contribution in [0.1, 0.15) is 45.2 Å². The molecular weight excluding hydrogens is 384 g/mol. The zero-order valence-electron chi connectivity index (χ0n) is 10.8. The largest absolute Gasteiger partial charge is 0.133 e. The Bertz CT molecular complexity index is 588. The van der Waals surface area contributed by atoms with Crippen molar-refractivity contribution in [1.82, 2.24) is 0 Å². The molecule has 100 valence electrons. The van der Waals surface area contributed by atoms with E-state index in [0.29, 0.717) is 10.7 Å². The van der Waals surface area contributed by atoms with E-state index in [1.54, 1.807) is 0 Å². The molecule has 0 N–H and O–H groups in total. The van der Waals surface area contributed by atoms with E-state index in [2.05, 4.69) is 69.1 Å². The summed E-state index contributed by atoms with van der Waals surface area (Å²) in [4.78, 5) is 1.84. The third-order valence-corrected chi connectivity index (χ3v) is 6.69. The zero-order chi connectivity index (χ0) is 13.4. The van der Waals surface area contributed by atoms with E-state index in [-0.39, 0.29) is 0 Å². The summed E-state index contributed by atoms with van der Waals surface area (Å²) in [6, 6.07) is 11.2. The first-order chi connectivity index (χ1) is 9.16. The van der Waals surface area contributed by atoms with Gasteiger partial charge < -0.3 is 0 Å². The van der Waals surface area contributed by atoms with Crippen molar-refractivity contribution < 1.29 is 0 Å². The lowest BCUT2D eigenvalue weighted by Gasteiger charge is -2.29. The van der Waals surface area contributed by atoms with Crippen molar-refractivity contribution in [3.8, 4) is 0 Å². The van der Waals surface area contributed by atoms with Crippen LogP contribution < -0.4 is 0 Å². The summed E-state index contributed by atoms with van der Waals surface area (Å²) in [5.74, 6) is 0.602. The number of alkyl halides is 1. The fourth-order valence-electron chi connectivity index (χ4n) is 3.04. The molecule has 2 atom stereocenters. The fraction of sp³-hybridized carbons (Fsp3) is 0.375. The van der Waals surface area contributed by atoms with Crippen molar-refractivity contribution in [2.45, 2.75) is 36.9 Å². The molecule has 0 radical (unpaired) electrons. The third kappa shape index (κ3) is 2.70. The van der Waals surface area contributed by atoms with Gasteiger partial charge >= 0.3 is 0 Å². The van der Waals surface area contributed by atoms with Gasteiger partial charge in [-0.3, -0.25) is 0 Å². The van der Waals surface area contributed by atoms with E-state index in [4.69, 9.17) is 0 Å². The average Bonchev–Trinajstić information content (AvgIpc) is 2.76. The van der Waals surface area contributed by atoms with Gasteiger partial charge in [0.15, 0.2) is 0 Å². The number of benzene rings is 1. The Hall–Kier alpha value is -0.120. The van der Waals surface area contributed by atoms with Gasteiger partial charge in [0, 0.05) is 15.6 Å². The lowest BCUT2D eigenvalue weighted by molar-refractivity contribution is 0.547. The summed E-state index contributed by atoms with van der Waals surface area (Å²) in [6.07, 6.45) is 3.81. The average molecular weight is 400 g/mol. The summed E-state index contributed by atoms with van der Waals surface area (Å²) >= 11 is 9.40. The minimum atomic E-state index is 0.427. The van der Waals surface area contributed by atoms with E-state index in [1.165, 1.54) is 44.6 Å². The molecule has 0 bridgehead atoms. The van der Waals surface area contributed by atoms with Gasteiger partial charge in [-0.2, -0.15) is 0 Å². The fourth-order valence-corrected chi connectivity index (χ4v) is 5.98. The van der Waals surface area contributed by atoms with Crippen LogP contribution in [0, 0.1) is 6.92 Å². The van der Waals surface area contributed by atoms with Crippen molar-refractivity contribution in [3.05, 3.63) is 55.7 Å². The van der Waals surface area contributed by atoms with Gasteiger partial charge in [-0.05, 0) is 64.9 Å². The van der Waals surface area contributed by atoms with Crippen molar-refractivity contribution in [2.75, 3.05) is 0 Å². The topological polar surface area (TPSA) is 0 Å². The molecule has 3 rings (SSSR count). The van der Waals surface area contributed by atoms with E-state index < -0.39 is 0 Å². The van der Waals surface area contributed by atoms with Crippen LogP contribution in [0.2, 0.25) is 0 Å². The smallest absolute Gasteiger partial charge is 0.0704 e. The Labute approximate surface area is 135 Å². The van der Waals surface area contributed by atoms with Crippen LogP contribution in [0.3, 0.4) is 0 Å². The zero-order valence-corrected chi connectivity index (χ0v) is 14.8. The Morgan fingerprint density at radius 1 is 1.32 bits per heavy atom. The highest BCUT2D eigenvalue weighted by Gasteiger charge is 2.28. The van der Waals surface area contributed by atoms with Crippen LogP contribution in [-0.4, -0.2) is 0 Å². The molecule has 3 heteroatoms. The van der Waals surface area contributed by atoms with Gasteiger partial charge in [0.2, 0.25) is 0 Å². The van der Waals surface area contributed by atoms with Crippen molar-refractivity contribution in [1.29, 1.82) is 0 Å². The SMILES string of the molecule is Cc1sc(Br)cc1C(Br)C1CCCc2ccccc21. The van der Waals surface area contributed by atoms with Crippen LogP contribution in [0.15, 0.2) is 34.1 Å². The van der Waals surface area contributed by atoms with Gasteiger partial charge in [-0.25, -0.2) is 0 Å². The first-order valence-corrected chi connectivity index (χ1v) is 9.17. The van der Waals surface area contributed by atoms with Crippen molar-refractivity contribution in [2.24, 2.45) is 0 Å². The lowest BCUT2D eigenvalue weighted by Crippen LogP contribution is -2.14. The van der Waals surface area contributed by atoms with Crippen LogP contribution in [0.25, 0.3) is 0 Å². The molecule has 0 spiro atoms. The molecule has 0 nitrogen and oxygen atoms in total. The molecule has 1 aromatic heterocycles. The highest BCUT2D eigenvalue weighted by molar-refractivity contribution is 9.11. The first-order valence-electron chi connectivity index (χ1n) is 6.64. The molecule has 0 saturated carbocycles. The molecule has 2 unspecified atom stereocenters. The number of aryl methyl sites for hydroxylation is 2. The number of thiophene rings is 1. The molecule has 1 heterocycles. The molecule has 1 aliphatic carbocycles. The molecule has 0 amide bonds. The van der Waals surface area contributed by atoms with Gasteiger partial charge in [0.1, 0.15) is 0 Å². The summed E-state index contributed by atoms with van der Waals surface area (Å²) in [5, 5.41) is 0. The number of fused-ring (bicyclic) bond motifs is 1. The summed E-state index contributed by atoms with van der Waals surface area (Å²) in [5.41, 5.74) is 4.52. The number of halogens is 2. The lowest BCUT2D eigenvalue weighted by atomic mass is 9.79. The summed E-state index contributed by atoms with van der Waals surface area (Å²) in [6.45, 7) is 2.22. The molecule has 2 aromatic rings. The maximum absolute atomic E-state index is 3.97. The predicted octanol–water partition coefficient (Wildman–Crippen LogP) is 6.38. The molecular formula is C16H16Br2S. The Balaban J connectivity index is 1.97. The minimum Gasteiger partial charge on any atom is -0.133 e. The quantitative estimate of drug-likeness (QED) is 0.514. The van der Waals surface area contributed by atoms with Crippen molar-refractivity contribution >= 4 is 43.2 Å². The summed E-state index contributed by atoms with van der Waals surface area (Å²) in [7, 11) is 0. The normalized spacial score (nSPS) is 20.1. The monoisotopic (exact) mass is 398 g/mol. The number of rotatable bonds is 2. The third-order valence-electron chi connectivity index (χ3n) is 3.99. The summed E-state index contributed by atoms with van der Waals surface area (Å²) < 4.78 is 1.23. The van der Waals surface area contributed by atoms with Crippen molar-refractivity contribution in [3.63, 3.8) is 0 Å². The maximum Gasteiger partial charge on any atom is 0.0704 e. The molecule has 0 aliphatic heterocycles. The molecule has 1 aliphatic rings. The maximum atomic E-state index is 3.97. The second kappa shape index (κ2) is 5.71. The van der Waals surface area contributed by atoms with Crippen LogP contribution >= 0.6 is 43.2 Å². The Morgan fingerprint density at radius 3 is 2.84 bits per heavy atom. The Morgan fingerprint density at radius 2 is 2.11 bits per heavy atom. The van der Waals surface area contributed by atoms with Crippen LogP contribution in [0.5, 0.6) is 0 Å². The van der Waals surface area contributed by atoms with Gasteiger partial charge in [0.05, 0.1) is 3.79 Å². The minimum absolute atomic E-state index is 0.427. The van der Waals surface area contributed by atoms with E-state index in [9.17, 15) is 0 Å². The standard InChI is InChI=1S/C16H16Br2S/c1-10-14(9-15(17)19-10)16(18)13-8-4-6-11-5-2-3-7-12(11)13/h2-3,5,7,9,13,16H,4,6,8H2,1H3. The Kier molecular flexibility index (Phi) is 4.16. The molecule has 0 fully saturated rings. The van der Waals surface area contributed by atoms with E-state index in [0.717, 1.165) is 0 Å². The number of hydrogen-bond donors (Lipinski definition) is 0. The van der Waals surface area contributed by atoms with Crippen LogP contribution in [-0.2, 0) is 6.42 Å². The molecule has 19 heavy (non-hydrogen) atoms. The van der Waals surface area contributed by atoms with Gasteiger partial charge in [-0.15, -0.1) is 11.3 Å². The van der Waals surface area contributed by atoms with E-state index >= 15 is 0 Å². The number of hydrogen-bond acceptors (Lipinski definition) is 1. The van der Waals surface area contributed by atoms with E-state index in [1.807, 2.05) is 11.3 Å². The highest BCUT2D eigenvalue weighted by Crippen LogP contribution is 2.47. The predicted molar refractivity (Wildman–Crippen MR) is 90.5 cm³/mol. The molecule has 1 aromatic carbocycles. The second-order valence-electron chi connectivity index (χ2n) is 5.16.